The van der Waals surface area contributed by atoms with E-state index in [9.17, 15) is 20.4 Å². The van der Waals surface area contributed by atoms with Gasteiger partial charge in [-0.3, -0.25) is 0 Å². The molecule has 0 aliphatic heterocycles. The van der Waals surface area contributed by atoms with Gasteiger partial charge in [-0.05, 0) is 7.05 Å². The van der Waals surface area contributed by atoms with E-state index in [-0.39, 0.29) is 13.1 Å². The van der Waals surface area contributed by atoms with Crippen molar-refractivity contribution in [1.82, 2.24) is 4.90 Å². The largest absolute Gasteiger partial charge is 0.394 e. The molecule has 8 N–H and O–H groups in total. The van der Waals surface area contributed by atoms with E-state index >= 15 is 0 Å². The van der Waals surface area contributed by atoms with Gasteiger partial charge >= 0.3 is 0 Å². The highest BCUT2D eigenvalue weighted by Crippen LogP contribution is 2.05. The van der Waals surface area contributed by atoms with Crippen LogP contribution in [0.25, 0.3) is 0 Å². The number of aliphatic hydroxyl groups excluding tert-OH is 8. The lowest BCUT2D eigenvalue weighted by molar-refractivity contribution is -0.0973. The molecule has 0 aliphatic carbocycles. The van der Waals surface area contributed by atoms with Gasteiger partial charge in [0.2, 0.25) is 0 Å². The summed E-state index contributed by atoms with van der Waals surface area (Å²) >= 11 is 0. The van der Waals surface area contributed by atoms with Crippen LogP contribution in [0.1, 0.15) is 0 Å². The van der Waals surface area contributed by atoms with E-state index < -0.39 is 49.8 Å². The van der Waals surface area contributed by atoms with Crippen LogP contribution in [0, 0.1) is 0 Å². The van der Waals surface area contributed by atoms with Crippen molar-refractivity contribution in [2.75, 3.05) is 33.4 Å². The Bertz CT molecular complexity index is 233. The van der Waals surface area contributed by atoms with Crippen LogP contribution in [-0.4, -0.2) is 116 Å². The topological polar surface area (TPSA) is 165 Å². The number of rotatable bonds is 10. The maximum absolute atomic E-state index is 9.60. The minimum atomic E-state index is -1.55. The summed E-state index contributed by atoms with van der Waals surface area (Å²) in [5.41, 5.74) is 0. The van der Waals surface area contributed by atoms with Crippen LogP contribution < -0.4 is 0 Å². The molecule has 0 radical (unpaired) electrons. The van der Waals surface area contributed by atoms with E-state index in [2.05, 4.69) is 0 Å². The minimum Gasteiger partial charge on any atom is -0.394 e. The van der Waals surface area contributed by atoms with E-state index in [4.69, 9.17) is 20.4 Å². The van der Waals surface area contributed by atoms with Crippen molar-refractivity contribution in [1.29, 1.82) is 0 Å². The van der Waals surface area contributed by atoms with E-state index in [0.29, 0.717) is 0 Å². The Kier molecular flexibility index (Phi) is 9.38. The monoisotopic (exact) mass is 299 g/mol. The first-order valence-electron chi connectivity index (χ1n) is 6.23. The minimum absolute atomic E-state index is 0.142. The normalized spacial score (nSPS) is 21.3. The summed E-state index contributed by atoms with van der Waals surface area (Å²) in [7, 11) is 1.47. The molecule has 0 aromatic carbocycles. The summed E-state index contributed by atoms with van der Waals surface area (Å²) in [6.45, 7) is -1.69. The van der Waals surface area contributed by atoms with Crippen LogP contribution >= 0.6 is 0 Å². The number of aliphatic hydroxyl groups is 8. The van der Waals surface area contributed by atoms with Crippen molar-refractivity contribution >= 4 is 0 Å². The standard InChI is InChI=1S/C11H25NO8/c1-12(2-6(15)10(19)8(17)4-13)3-7(16)11(20)9(18)5-14/h6-11,13-20H,2-5H2,1H3/t6-,7-,8+,9+,10+,11+/m0/s1. The third kappa shape index (κ3) is 6.39. The van der Waals surface area contributed by atoms with Gasteiger partial charge in [-0.15, -0.1) is 0 Å². The summed E-state index contributed by atoms with van der Waals surface area (Å²) in [5.74, 6) is 0. The molecule has 0 aromatic rings. The van der Waals surface area contributed by atoms with Gasteiger partial charge in [0, 0.05) is 13.1 Å². The van der Waals surface area contributed by atoms with Crippen molar-refractivity contribution in [3.63, 3.8) is 0 Å². The predicted molar refractivity (Wildman–Crippen MR) is 67.7 cm³/mol. The zero-order valence-electron chi connectivity index (χ0n) is 11.3. The first-order valence-corrected chi connectivity index (χ1v) is 6.23. The molecular formula is C11H25NO8. The fourth-order valence-corrected chi connectivity index (χ4v) is 1.66. The summed E-state index contributed by atoms with van der Waals surface area (Å²) in [4.78, 5) is 1.36. The van der Waals surface area contributed by atoms with Crippen LogP contribution in [0.5, 0.6) is 0 Å². The number of hydrogen-bond donors (Lipinski definition) is 8. The summed E-state index contributed by atoms with van der Waals surface area (Å²) in [6, 6.07) is 0. The zero-order chi connectivity index (χ0) is 15.9. The Hall–Kier alpha value is -0.360. The van der Waals surface area contributed by atoms with Gasteiger partial charge < -0.3 is 45.8 Å². The molecule has 0 spiro atoms. The highest BCUT2D eigenvalue weighted by atomic mass is 16.4. The second kappa shape index (κ2) is 9.55. The third-order valence-electron chi connectivity index (χ3n) is 2.95. The number of hydrogen-bond acceptors (Lipinski definition) is 9. The van der Waals surface area contributed by atoms with E-state index in [1.165, 1.54) is 11.9 Å². The van der Waals surface area contributed by atoms with Crippen molar-refractivity contribution in [2.45, 2.75) is 36.6 Å². The van der Waals surface area contributed by atoms with Crippen molar-refractivity contribution in [3.8, 4) is 0 Å². The lowest BCUT2D eigenvalue weighted by atomic mass is 10.1. The zero-order valence-corrected chi connectivity index (χ0v) is 11.3. The number of nitrogens with zero attached hydrogens (tertiary/aromatic N) is 1. The Balaban J connectivity index is 4.24. The number of likely N-dealkylation sites (N-methyl/N-ethyl adjacent to an activating group) is 1. The molecule has 122 valence electrons. The molecule has 0 bridgehead atoms. The van der Waals surface area contributed by atoms with Crippen LogP contribution in [0.3, 0.4) is 0 Å². The van der Waals surface area contributed by atoms with Crippen LogP contribution in [0.15, 0.2) is 0 Å². The molecule has 6 atom stereocenters. The van der Waals surface area contributed by atoms with Crippen molar-refractivity contribution in [2.24, 2.45) is 0 Å². The SMILES string of the molecule is CN(C[C@H](O)[C@@H](O)[C@H](O)CO)C[C@H](O)[C@@H](O)[C@H](O)CO. The molecular weight excluding hydrogens is 274 g/mol. The van der Waals surface area contributed by atoms with Gasteiger partial charge in [-0.2, -0.15) is 0 Å². The maximum atomic E-state index is 9.60. The molecule has 0 heterocycles. The Morgan fingerprint density at radius 3 is 1.20 bits per heavy atom. The molecule has 0 unspecified atom stereocenters. The molecule has 0 aromatic heterocycles. The fraction of sp³-hybridized carbons (Fsp3) is 1.00. The second-order valence-corrected chi connectivity index (χ2v) is 4.84. The third-order valence-corrected chi connectivity index (χ3v) is 2.95. The van der Waals surface area contributed by atoms with Crippen LogP contribution in [0.2, 0.25) is 0 Å². The average molecular weight is 299 g/mol. The Morgan fingerprint density at radius 1 is 0.650 bits per heavy atom. The first-order chi connectivity index (χ1) is 9.24. The van der Waals surface area contributed by atoms with Gasteiger partial charge in [0.15, 0.2) is 0 Å². The lowest BCUT2D eigenvalue weighted by Crippen LogP contribution is -2.49. The van der Waals surface area contributed by atoms with Crippen molar-refractivity contribution in [3.05, 3.63) is 0 Å². The van der Waals surface area contributed by atoms with E-state index in [1.807, 2.05) is 0 Å². The Morgan fingerprint density at radius 2 is 0.950 bits per heavy atom. The second-order valence-electron chi connectivity index (χ2n) is 4.84. The summed E-state index contributed by atoms with van der Waals surface area (Å²) in [5, 5.41) is 73.6. The fourth-order valence-electron chi connectivity index (χ4n) is 1.66. The maximum Gasteiger partial charge on any atom is 0.109 e. The van der Waals surface area contributed by atoms with E-state index in [1.54, 1.807) is 0 Å². The van der Waals surface area contributed by atoms with Crippen LogP contribution in [0.4, 0.5) is 0 Å². The highest BCUT2D eigenvalue weighted by molar-refractivity contribution is 4.80. The quantitative estimate of drug-likeness (QED) is 0.197. The van der Waals surface area contributed by atoms with Crippen molar-refractivity contribution < 1.29 is 40.9 Å². The predicted octanol–water partition coefficient (Wildman–Crippen LogP) is -4.93. The van der Waals surface area contributed by atoms with E-state index in [0.717, 1.165) is 0 Å². The van der Waals surface area contributed by atoms with Gasteiger partial charge in [-0.25, -0.2) is 0 Å². The Labute approximate surface area is 117 Å². The lowest BCUT2D eigenvalue weighted by Gasteiger charge is -2.29. The van der Waals surface area contributed by atoms with Crippen LogP contribution in [-0.2, 0) is 0 Å². The molecule has 9 heteroatoms. The molecule has 0 amide bonds. The summed E-state index contributed by atoms with van der Waals surface area (Å²) in [6.07, 6.45) is -8.79. The highest BCUT2D eigenvalue weighted by Gasteiger charge is 2.28. The molecule has 0 rings (SSSR count). The van der Waals surface area contributed by atoms with Gasteiger partial charge in [-0.1, -0.05) is 0 Å². The summed E-state index contributed by atoms with van der Waals surface area (Å²) < 4.78 is 0. The molecule has 20 heavy (non-hydrogen) atoms. The van der Waals surface area contributed by atoms with Gasteiger partial charge in [0.1, 0.15) is 24.4 Å². The smallest absolute Gasteiger partial charge is 0.109 e. The van der Waals surface area contributed by atoms with Gasteiger partial charge in [0.25, 0.3) is 0 Å². The first kappa shape index (κ1) is 19.6. The van der Waals surface area contributed by atoms with Gasteiger partial charge in [0.05, 0.1) is 25.4 Å². The average Bonchev–Trinajstić information content (AvgIpc) is 2.43. The molecule has 0 aliphatic rings. The molecule has 9 nitrogen and oxygen atoms in total. The molecule has 0 saturated carbocycles. The molecule has 0 fully saturated rings. The molecule has 0 saturated heterocycles.